The molecule has 0 fully saturated rings. The first-order valence-corrected chi connectivity index (χ1v) is 8.30. The van der Waals surface area contributed by atoms with Gasteiger partial charge in [0.15, 0.2) is 5.15 Å². The summed E-state index contributed by atoms with van der Waals surface area (Å²) < 4.78 is 12.4. The Morgan fingerprint density at radius 2 is 2.28 bits per heavy atom. The maximum atomic E-state index is 11.9. The average Bonchev–Trinajstić information content (AvgIpc) is 3.23. The van der Waals surface area contributed by atoms with Gasteiger partial charge >= 0.3 is 0 Å². The highest BCUT2D eigenvalue weighted by Gasteiger charge is 2.07. The molecule has 0 aromatic carbocycles. The molecular formula is C18H18ClN3O3. The quantitative estimate of drug-likeness (QED) is 0.495. The van der Waals surface area contributed by atoms with Crippen LogP contribution in [-0.2, 0) is 16.1 Å². The molecule has 3 rings (SSSR count). The zero-order chi connectivity index (χ0) is 17.5. The topological polar surface area (TPSA) is 68.8 Å². The van der Waals surface area contributed by atoms with Crippen LogP contribution in [0.25, 0.3) is 11.7 Å². The van der Waals surface area contributed by atoms with Gasteiger partial charge in [-0.3, -0.25) is 9.20 Å². The highest BCUT2D eigenvalue weighted by atomic mass is 35.5. The Bertz CT molecular complexity index is 856. The first-order valence-electron chi connectivity index (χ1n) is 7.92. The Kier molecular flexibility index (Phi) is 5.87. The molecule has 3 aromatic rings. The van der Waals surface area contributed by atoms with E-state index in [0.717, 1.165) is 17.8 Å². The van der Waals surface area contributed by atoms with E-state index in [9.17, 15) is 4.79 Å². The fourth-order valence-corrected chi connectivity index (χ4v) is 2.54. The van der Waals surface area contributed by atoms with E-state index in [0.29, 0.717) is 30.6 Å². The Balaban J connectivity index is 1.41. The van der Waals surface area contributed by atoms with Crippen LogP contribution in [0.4, 0.5) is 0 Å². The van der Waals surface area contributed by atoms with Gasteiger partial charge in [0.1, 0.15) is 18.0 Å². The van der Waals surface area contributed by atoms with Crippen LogP contribution in [0.5, 0.6) is 0 Å². The Hall–Kier alpha value is -2.57. The molecule has 6 nitrogen and oxygen atoms in total. The summed E-state index contributed by atoms with van der Waals surface area (Å²) in [5.41, 5.74) is 1.41. The number of hydrogen-bond acceptors (Lipinski definition) is 4. The number of amides is 1. The second-order valence-electron chi connectivity index (χ2n) is 5.33. The molecule has 0 atom stereocenters. The minimum absolute atomic E-state index is 0.187. The number of fused-ring (bicyclic) bond motifs is 1. The molecule has 25 heavy (non-hydrogen) atoms. The van der Waals surface area contributed by atoms with Crippen molar-refractivity contribution in [2.45, 2.75) is 13.0 Å². The third kappa shape index (κ3) is 4.71. The molecule has 0 aliphatic carbocycles. The molecule has 0 bridgehead atoms. The lowest BCUT2D eigenvalue weighted by molar-refractivity contribution is -0.116. The Morgan fingerprint density at radius 3 is 3.12 bits per heavy atom. The van der Waals surface area contributed by atoms with Crippen molar-refractivity contribution < 1.29 is 13.9 Å². The van der Waals surface area contributed by atoms with Gasteiger partial charge in [-0.05, 0) is 36.8 Å². The molecule has 130 valence electrons. The zero-order valence-electron chi connectivity index (χ0n) is 13.5. The van der Waals surface area contributed by atoms with Crippen LogP contribution in [0.2, 0.25) is 5.15 Å². The number of nitrogens with one attached hydrogen (secondary N) is 1. The lowest BCUT2D eigenvalue weighted by Gasteiger charge is -2.03. The first kappa shape index (κ1) is 17.3. The molecule has 3 aromatic heterocycles. The summed E-state index contributed by atoms with van der Waals surface area (Å²) in [4.78, 5) is 16.1. The number of hydrogen-bond donors (Lipinski definition) is 1. The van der Waals surface area contributed by atoms with Crippen molar-refractivity contribution in [3.05, 3.63) is 65.5 Å². The van der Waals surface area contributed by atoms with E-state index in [1.165, 1.54) is 6.08 Å². The van der Waals surface area contributed by atoms with E-state index in [4.69, 9.17) is 20.8 Å². The largest absolute Gasteiger partial charge is 0.467 e. The predicted octanol–water partition coefficient (Wildman–Crippen LogP) is 3.32. The summed E-state index contributed by atoms with van der Waals surface area (Å²) in [6.07, 6.45) is 7.29. The van der Waals surface area contributed by atoms with Crippen molar-refractivity contribution in [1.82, 2.24) is 14.7 Å². The van der Waals surface area contributed by atoms with Crippen molar-refractivity contribution >= 4 is 29.2 Å². The number of rotatable bonds is 8. The maximum Gasteiger partial charge on any atom is 0.244 e. The molecular weight excluding hydrogens is 342 g/mol. The number of carbonyl (C=O) groups excluding carboxylic acids is 1. The number of aromatic nitrogens is 2. The van der Waals surface area contributed by atoms with Crippen molar-refractivity contribution in [3.63, 3.8) is 0 Å². The average molecular weight is 360 g/mol. The van der Waals surface area contributed by atoms with Crippen molar-refractivity contribution in [3.8, 4) is 0 Å². The number of ether oxygens (including phenoxy) is 1. The molecule has 0 unspecified atom stereocenters. The highest BCUT2D eigenvalue weighted by molar-refractivity contribution is 6.31. The van der Waals surface area contributed by atoms with Gasteiger partial charge in [0, 0.05) is 25.4 Å². The maximum absolute atomic E-state index is 11.9. The van der Waals surface area contributed by atoms with Crippen molar-refractivity contribution in [2.75, 3.05) is 13.2 Å². The number of furan rings is 1. The summed E-state index contributed by atoms with van der Waals surface area (Å²) in [6, 6.07) is 9.29. The third-order valence-corrected chi connectivity index (χ3v) is 3.78. The van der Waals surface area contributed by atoms with E-state index in [-0.39, 0.29) is 5.91 Å². The van der Waals surface area contributed by atoms with Crippen LogP contribution in [0.1, 0.15) is 17.9 Å². The van der Waals surface area contributed by atoms with Gasteiger partial charge in [-0.2, -0.15) is 0 Å². The molecule has 0 spiro atoms. The molecule has 0 saturated carbocycles. The van der Waals surface area contributed by atoms with E-state index >= 15 is 0 Å². The van der Waals surface area contributed by atoms with Gasteiger partial charge in [-0.1, -0.05) is 17.7 Å². The summed E-state index contributed by atoms with van der Waals surface area (Å²) in [5.74, 6) is 0.602. The summed E-state index contributed by atoms with van der Waals surface area (Å²) in [5, 5.41) is 3.17. The second kappa shape index (κ2) is 8.50. The lowest BCUT2D eigenvalue weighted by Crippen LogP contribution is -2.23. The number of nitrogens with zero attached hydrogens (tertiary/aromatic N) is 2. The van der Waals surface area contributed by atoms with Gasteiger partial charge in [-0.25, -0.2) is 4.98 Å². The van der Waals surface area contributed by atoms with Gasteiger partial charge in [-0.15, -0.1) is 0 Å². The highest BCUT2D eigenvalue weighted by Crippen LogP contribution is 2.18. The Morgan fingerprint density at radius 1 is 1.36 bits per heavy atom. The monoisotopic (exact) mass is 359 g/mol. The molecule has 0 radical (unpaired) electrons. The summed E-state index contributed by atoms with van der Waals surface area (Å²) >= 11 is 6.12. The SMILES string of the molecule is O=C(/C=C/c1c(Cl)nc2ccccn12)NCCCOCc1ccco1. The minimum Gasteiger partial charge on any atom is -0.467 e. The van der Waals surface area contributed by atoms with Crippen LogP contribution in [-0.4, -0.2) is 28.4 Å². The number of halogens is 1. The van der Waals surface area contributed by atoms with Gasteiger partial charge in [0.2, 0.25) is 5.91 Å². The van der Waals surface area contributed by atoms with Gasteiger partial charge < -0.3 is 14.5 Å². The van der Waals surface area contributed by atoms with E-state index in [1.807, 2.05) is 40.9 Å². The molecule has 0 aliphatic heterocycles. The molecule has 0 saturated heterocycles. The molecule has 7 heteroatoms. The molecule has 1 N–H and O–H groups in total. The van der Waals surface area contributed by atoms with Crippen molar-refractivity contribution in [1.29, 1.82) is 0 Å². The lowest BCUT2D eigenvalue weighted by atomic mass is 10.3. The van der Waals surface area contributed by atoms with Crippen LogP contribution < -0.4 is 5.32 Å². The Labute approximate surface area is 150 Å². The van der Waals surface area contributed by atoms with Crippen LogP contribution in [0.3, 0.4) is 0 Å². The fourth-order valence-electron chi connectivity index (χ4n) is 2.30. The minimum atomic E-state index is -0.187. The molecule has 0 aliphatic rings. The number of imidazole rings is 1. The summed E-state index contributed by atoms with van der Waals surface area (Å²) in [7, 11) is 0. The number of pyridine rings is 1. The standard InChI is InChI=1S/C18H18ClN3O3/c19-18-15(22-10-2-1-6-16(22)21-18)7-8-17(23)20-9-4-11-24-13-14-5-3-12-25-14/h1-3,5-8,10,12H,4,9,11,13H2,(H,20,23)/b8-7+. The van der Waals surface area contributed by atoms with Gasteiger partial charge in [0.05, 0.1) is 12.0 Å². The van der Waals surface area contributed by atoms with Crippen LogP contribution >= 0.6 is 11.6 Å². The van der Waals surface area contributed by atoms with Gasteiger partial charge in [0.25, 0.3) is 0 Å². The number of carbonyl (C=O) groups is 1. The molecule has 3 heterocycles. The normalized spacial score (nSPS) is 11.4. The molecule has 1 amide bonds. The van der Waals surface area contributed by atoms with E-state index < -0.39 is 0 Å². The predicted molar refractivity (Wildman–Crippen MR) is 95.2 cm³/mol. The van der Waals surface area contributed by atoms with E-state index in [2.05, 4.69) is 10.3 Å². The van der Waals surface area contributed by atoms with E-state index in [1.54, 1.807) is 12.3 Å². The van der Waals surface area contributed by atoms with Crippen molar-refractivity contribution in [2.24, 2.45) is 0 Å². The van der Waals surface area contributed by atoms with Crippen LogP contribution in [0.15, 0.2) is 53.3 Å². The fraction of sp³-hybridized carbons (Fsp3) is 0.222. The second-order valence-corrected chi connectivity index (χ2v) is 5.68. The third-order valence-electron chi connectivity index (χ3n) is 3.50. The van der Waals surface area contributed by atoms with Crippen LogP contribution in [0, 0.1) is 0 Å². The zero-order valence-corrected chi connectivity index (χ0v) is 14.3. The smallest absolute Gasteiger partial charge is 0.244 e. The summed E-state index contributed by atoms with van der Waals surface area (Å²) in [6.45, 7) is 1.51. The first-order chi connectivity index (χ1) is 12.2.